The molecule has 0 saturated heterocycles. The van der Waals surface area contributed by atoms with Gasteiger partial charge in [-0.3, -0.25) is 4.79 Å². The number of carbonyl (C=O) groups is 1. The van der Waals surface area contributed by atoms with E-state index in [1.807, 2.05) is 4.90 Å². The summed E-state index contributed by atoms with van der Waals surface area (Å²) >= 11 is 9.06. The van der Waals surface area contributed by atoms with E-state index in [-0.39, 0.29) is 17.8 Å². The van der Waals surface area contributed by atoms with E-state index < -0.39 is 0 Å². The molecule has 1 aromatic carbocycles. The molecule has 1 amide bonds. The topological polar surface area (TPSA) is 20.3 Å². The highest BCUT2D eigenvalue weighted by Gasteiger charge is 2.27. The van der Waals surface area contributed by atoms with Crippen molar-refractivity contribution in [1.29, 1.82) is 0 Å². The van der Waals surface area contributed by atoms with Crippen LogP contribution in [0.4, 0.5) is 4.39 Å². The fraction of sp³-hybridized carbons (Fsp3) is 0.500. The van der Waals surface area contributed by atoms with Gasteiger partial charge in [0.05, 0.1) is 5.56 Å². The standard InChI is InChI=1S/C14H16BrClFNO/c15-13-9-10(17)5-6-12(13)14(19)18(8-7-16)11-3-1-2-4-11/h5-6,9,11H,1-4,7-8H2. The van der Waals surface area contributed by atoms with Crippen LogP contribution in [-0.4, -0.2) is 29.3 Å². The van der Waals surface area contributed by atoms with Crippen molar-refractivity contribution in [3.05, 3.63) is 34.1 Å². The number of benzene rings is 1. The number of nitrogens with zero attached hydrogens (tertiary/aromatic N) is 1. The van der Waals surface area contributed by atoms with Crippen molar-refractivity contribution in [2.24, 2.45) is 0 Å². The van der Waals surface area contributed by atoms with Gasteiger partial charge in [-0.2, -0.15) is 0 Å². The summed E-state index contributed by atoms with van der Waals surface area (Å²) in [6.07, 6.45) is 4.37. The van der Waals surface area contributed by atoms with Crippen LogP contribution in [0.2, 0.25) is 0 Å². The maximum absolute atomic E-state index is 13.1. The van der Waals surface area contributed by atoms with Crippen LogP contribution in [0, 0.1) is 5.82 Å². The molecule has 1 saturated carbocycles. The molecule has 5 heteroatoms. The molecule has 1 aromatic rings. The summed E-state index contributed by atoms with van der Waals surface area (Å²) in [5, 5.41) is 0. The fourth-order valence-electron chi connectivity index (χ4n) is 2.57. The smallest absolute Gasteiger partial charge is 0.255 e. The van der Waals surface area contributed by atoms with E-state index in [0.29, 0.717) is 22.5 Å². The van der Waals surface area contributed by atoms with Gasteiger partial charge in [0.2, 0.25) is 0 Å². The summed E-state index contributed by atoms with van der Waals surface area (Å²) in [6.45, 7) is 0.537. The van der Waals surface area contributed by atoms with Gasteiger partial charge in [0.15, 0.2) is 0 Å². The van der Waals surface area contributed by atoms with E-state index >= 15 is 0 Å². The average molecular weight is 349 g/mol. The second kappa shape index (κ2) is 6.71. The quantitative estimate of drug-likeness (QED) is 0.746. The molecule has 0 heterocycles. The van der Waals surface area contributed by atoms with E-state index in [9.17, 15) is 9.18 Å². The van der Waals surface area contributed by atoms with Gasteiger partial charge in [0, 0.05) is 22.9 Å². The molecule has 0 atom stereocenters. The Hall–Kier alpha value is -0.610. The number of halogens is 3. The summed E-state index contributed by atoms with van der Waals surface area (Å²) in [7, 11) is 0. The second-order valence-corrected chi connectivity index (χ2v) is 5.98. The zero-order valence-corrected chi connectivity index (χ0v) is 12.9. The molecule has 0 aromatic heterocycles. The van der Waals surface area contributed by atoms with Crippen molar-refractivity contribution in [2.75, 3.05) is 12.4 Å². The Morgan fingerprint density at radius 2 is 2.11 bits per heavy atom. The molecule has 0 N–H and O–H groups in total. The van der Waals surface area contributed by atoms with Crippen molar-refractivity contribution >= 4 is 33.4 Å². The van der Waals surface area contributed by atoms with Gasteiger partial charge in [-0.05, 0) is 47.0 Å². The first-order valence-electron chi connectivity index (χ1n) is 6.45. The minimum Gasteiger partial charge on any atom is -0.334 e. The van der Waals surface area contributed by atoms with Crippen LogP contribution in [0.15, 0.2) is 22.7 Å². The maximum atomic E-state index is 13.1. The Morgan fingerprint density at radius 3 is 2.68 bits per heavy atom. The molecule has 1 aliphatic rings. The molecule has 1 aliphatic carbocycles. The van der Waals surface area contributed by atoms with E-state index in [4.69, 9.17) is 11.6 Å². The minimum atomic E-state index is -0.354. The number of carbonyl (C=O) groups excluding carboxylic acids is 1. The molecule has 0 bridgehead atoms. The SMILES string of the molecule is O=C(c1ccc(F)cc1Br)N(CCCl)C1CCCC1. The monoisotopic (exact) mass is 347 g/mol. The normalized spacial score (nSPS) is 15.7. The minimum absolute atomic E-state index is 0.0700. The lowest BCUT2D eigenvalue weighted by molar-refractivity contribution is 0.0694. The lowest BCUT2D eigenvalue weighted by Crippen LogP contribution is -2.40. The zero-order valence-electron chi connectivity index (χ0n) is 10.5. The van der Waals surface area contributed by atoms with Crippen LogP contribution in [0.5, 0.6) is 0 Å². The maximum Gasteiger partial charge on any atom is 0.255 e. The van der Waals surface area contributed by atoms with Crippen LogP contribution in [0.25, 0.3) is 0 Å². The molecular formula is C14H16BrClFNO. The van der Waals surface area contributed by atoms with Gasteiger partial charge in [-0.1, -0.05) is 12.8 Å². The largest absolute Gasteiger partial charge is 0.334 e. The van der Waals surface area contributed by atoms with Crippen molar-refractivity contribution in [2.45, 2.75) is 31.7 Å². The lowest BCUT2D eigenvalue weighted by Gasteiger charge is -2.28. The highest BCUT2D eigenvalue weighted by molar-refractivity contribution is 9.10. The average Bonchev–Trinajstić information content (AvgIpc) is 2.89. The molecule has 1 fully saturated rings. The fourth-order valence-corrected chi connectivity index (χ4v) is 3.28. The summed E-state index contributed by atoms with van der Waals surface area (Å²) in [4.78, 5) is 14.4. The van der Waals surface area contributed by atoms with E-state index in [0.717, 1.165) is 25.7 Å². The number of hydrogen-bond donors (Lipinski definition) is 0. The number of alkyl halides is 1. The molecule has 104 valence electrons. The van der Waals surface area contributed by atoms with Gasteiger partial charge < -0.3 is 4.90 Å². The number of amides is 1. The Labute approximate surface area is 126 Å². The van der Waals surface area contributed by atoms with Gasteiger partial charge in [-0.25, -0.2) is 4.39 Å². The number of rotatable bonds is 4. The van der Waals surface area contributed by atoms with Crippen LogP contribution in [0.1, 0.15) is 36.0 Å². The molecule has 2 nitrogen and oxygen atoms in total. The molecule has 0 radical (unpaired) electrons. The number of hydrogen-bond acceptors (Lipinski definition) is 1. The third kappa shape index (κ3) is 3.48. The summed E-state index contributed by atoms with van der Waals surface area (Å²) in [5.41, 5.74) is 0.499. The van der Waals surface area contributed by atoms with Crippen LogP contribution in [0.3, 0.4) is 0 Å². The molecule has 0 aliphatic heterocycles. The first kappa shape index (κ1) is 14.8. The third-order valence-corrected chi connectivity index (χ3v) is 4.34. The second-order valence-electron chi connectivity index (χ2n) is 4.75. The highest BCUT2D eigenvalue weighted by atomic mass is 79.9. The lowest BCUT2D eigenvalue weighted by atomic mass is 10.1. The molecule has 19 heavy (non-hydrogen) atoms. The van der Waals surface area contributed by atoms with Crippen molar-refractivity contribution in [3.8, 4) is 0 Å². The summed E-state index contributed by atoms with van der Waals surface area (Å²) in [5.74, 6) is -0.00580. The zero-order chi connectivity index (χ0) is 13.8. The van der Waals surface area contributed by atoms with Gasteiger partial charge >= 0.3 is 0 Å². The van der Waals surface area contributed by atoms with Crippen LogP contribution < -0.4 is 0 Å². The molecular weight excluding hydrogens is 333 g/mol. The van der Waals surface area contributed by atoms with Gasteiger partial charge in [0.1, 0.15) is 5.82 Å². The van der Waals surface area contributed by atoms with Crippen LogP contribution >= 0.6 is 27.5 Å². The molecule has 0 spiro atoms. The predicted molar refractivity (Wildman–Crippen MR) is 78.1 cm³/mol. The predicted octanol–water partition coefficient (Wildman–Crippen LogP) is 4.21. The van der Waals surface area contributed by atoms with Gasteiger partial charge in [0.25, 0.3) is 5.91 Å². The Morgan fingerprint density at radius 1 is 1.42 bits per heavy atom. The first-order chi connectivity index (χ1) is 9.13. The van der Waals surface area contributed by atoms with Gasteiger partial charge in [-0.15, -0.1) is 11.6 Å². The summed E-state index contributed by atoms with van der Waals surface area (Å²) in [6, 6.07) is 4.42. The van der Waals surface area contributed by atoms with Crippen molar-refractivity contribution in [3.63, 3.8) is 0 Å². The third-order valence-electron chi connectivity index (χ3n) is 3.51. The Kier molecular flexibility index (Phi) is 5.22. The van der Waals surface area contributed by atoms with Crippen molar-refractivity contribution in [1.82, 2.24) is 4.90 Å². The van der Waals surface area contributed by atoms with E-state index in [1.165, 1.54) is 18.2 Å². The molecule has 2 rings (SSSR count). The first-order valence-corrected chi connectivity index (χ1v) is 7.78. The highest BCUT2D eigenvalue weighted by Crippen LogP contribution is 2.27. The van der Waals surface area contributed by atoms with Crippen molar-refractivity contribution < 1.29 is 9.18 Å². The van der Waals surface area contributed by atoms with E-state index in [1.54, 1.807) is 0 Å². The van der Waals surface area contributed by atoms with Crippen LogP contribution in [-0.2, 0) is 0 Å². The molecule has 0 unspecified atom stereocenters. The van der Waals surface area contributed by atoms with E-state index in [2.05, 4.69) is 15.9 Å². The summed E-state index contributed by atoms with van der Waals surface area (Å²) < 4.78 is 13.6. The Bertz CT molecular complexity index is 463. The Balaban J connectivity index is 2.22.